The maximum absolute atomic E-state index is 14.5. The molecule has 1 fully saturated rings. The first kappa shape index (κ1) is 22.7. The summed E-state index contributed by atoms with van der Waals surface area (Å²) >= 11 is 0. The van der Waals surface area contributed by atoms with Crippen LogP contribution in [0.2, 0.25) is 0 Å². The lowest BCUT2D eigenvalue weighted by atomic mass is 9.87. The van der Waals surface area contributed by atoms with E-state index in [1.54, 1.807) is 4.90 Å². The van der Waals surface area contributed by atoms with Crippen LogP contribution < -0.4 is 21.1 Å². The van der Waals surface area contributed by atoms with E-state index in [9.17, 15) is 26.3 Å². The van der Waals surface area contributed by atoms with Gasteiger partial charge >= 0.3 is 6.18 Å². The monoisotopic (exact) mass is 471 g/mol. The minimum Gasteiger partial charge on any atom is -0.448 e. The average Bonchev–Trinajstić information content (AvgIpc) is 2.71. The molecule has 0 aromatic heterocycles. The van der Waals surface area contributed by atoms with Crippen LogP contribution in [0.5, 0.6) is 11.5 Å². The standard InChI is InChI=1S/C21H19F6N5O/c22-13-5-4-12(32-19(29)30-18(28)31-20(32)6-2-1-3-7-20)10-16(13)33-17-14(23)8-11(9-15(17)24)21(25,26)27/h4-5,8-10H,1-3,6-7H2,(H4,28,29,30,31). The Morgan fingerprint density at radius 2 is 1.55 bits per heavy atom. The lowest BCUT2D eigenvalue weighted by Crippen LogP contribution is -2.58. The fourth-order valence-corrected chi connectivity index (χ4v) is 4.14. The van der Waals surface area contributed by atoms with Gasteiger partial charge in [0.2, 0.25) is 11.9 Å². The van der Waals surface area contributed by atoms with Crippen molar-refractivity contribution in [3.05, 3.63) is 53.3 Å². The molecule has 1 spiro atoms. The van der Waals surface area contributed by atoms with Crippen LogP contribution in [-0.2, 0) is 6.18 Å². The van der Waals surface area contributed by atoms with E-state index in [1.165, 1.54) is 6.07 Å². The number of aliphatic imine (C=N–C) groups is 2. The highest BCUT2D eigenvalue weighted by molar-refractivity contribution is 6.05. The highest BCUT2D eigenvalue weighted by atomic mass is 19.4. The van der Waals surface area contributed by atoms with E-state index in [-0.39, 0.29) is 29.7 Å². The lowest BCUT2D eigenvalue weighted by molar-refractivity contribution is -0.138. The third-order valence-electron chi connectivity index (χ3n) is 5.56. The van der Waals surface area contributed by atoms with E-state index in [0.717, 1.165) is 31.4 Å². The maximum Gasteiger partial charge on any atom is 0.416 e. The van der Waals surface area contributed by atoms with E-state index in [0.29, 0.717) is 12.8 Å². The zero-order valence-electron chi connectivity index (χ0n) is 17.1. The molecular weight excluding hydrogens is 452 g/mol. The van der Waals surface area contributed by atoms with E-state index >= 15 is 0 Å². The molecule has 12 heteroatoms. The van der Waals surface area contributed by atoms with Gasteiger partial charge in [0, 0.05) is 6.07 Å². The van der Waals surface area contributed by atoms with Gasteiger partial charge in [-0.2, -0.15) is 18.2 Å². The maximum atomic E-state index is 14.5. The van der Waals surface area contributed by atoms with Crippen LogP contribution >= 0.6 is 0 Å². The highest BCUT2D eigenvalue weighted by Gasteiger charge is 2.43. The molecule has 6 nitrogen and oxygen atoms in total. The van der Waals surface area contributed by atoms with Gasteiger partial charge in [0.15, 0.2) is 29.0 Å². The molecular formula is C21H19F6N5O. The van der Waals surface area contributed by atoms with Crippen molar-refractivity contribution in [2.75, 3.05) is 4.90 Å². The Labute approximate surface area is 184 Å². The number of ether oxygens (including phenoxy) is 1. The quantitative estimate of drug-likeness (QED) is 0.615. The van der Waals surface area contributed by atoms with Gasteiger partial charge in [0.05, 0.1) is 11.3 Å². The molecule has 0 saturated heterocycles. The van der Waals surface area contributed by atoms with Gasteiger partial charge in [-0.25, -0.2) is 18.2 Å². The number of nitrogens with two attached hydrogens (primary N) is 2. The predicted octanol–water partition coefficient (Wildman–Crippen LogP) is 5.02. The normalized spacial score (nSPS) is 18.2. The van der Waals surface area contributed by atoms with Gasteiger partial charge in [-0.05, 0) is 49.9 Å². The second kappa shape index (κ2) is 8.16. The van der Waals surface area contributed by atoms with Gasteiger partial charge in [-0.15, -0.1) is 0 Å². The average molecular weight is 471 g/mol. The molecule has 2 aromatic rings. The molecule has 1 aliphatic heterocycles. The van der Waals surface area contributed by atoms with Crippen LogP contribution in [0.3, 0.4) is 0 Å². The first-order valence-electron chi connectivity index (χ1n) is 10.0. The second-order valence-electron chi connectivity index (χ2n) is 7.80. The molecule has 33 heavy (non-hydrogen) atoms. The van der Waals surface area contributed by atoms with Crippen LogP contribution in [0.25, 0.3) is 0 Å². The number of hydrogen-bond donors (Lipinski definition) is 2. The van der Waals surface area contributed by atoms with Crippen LogP contribution in [0.1, 0.15) is 37.7 Å². The minimum absolute atomic E-state index is 0.00173. The fourth-order valence-electron chi connectivity index (χ4n) is 4.14. The topological polar surface area (TPSA) is 89.2 Å². The Balaban J connectivity index is 1.73. The summed E-state index contributed by atoms with van der Waals surface area (Å²) in [5.41, 5.74) is 9.78. The van der Waals surface area contributed by atoms with Crippen LogP contribution in [-0.4, -0.2) is 17.6 Å². The lowest BCUT2D eigenvalue weighted by Gasteiger charge is -2.45. The van der Waals surface area contributed by atoms with Crippen molar-refractivity contribution in [1.82, 2.24) is 0 Å². The molecule has 0 bridgehead atoms. The first-order valence-corrected chi connectivity index (χ1v) is 10.0. The van der Waals surface area contributed by atoms with Crippen molar-refractivity contribution < 1.29 is 31.1 Å². The summed E-state index contributed by atoms with van der Waals surface area (Å²) in [6, 6.07) is 3.61. The zero-order valence-corrected chi connectivity index (χ0v) is 17.1. The molecule has 4 rings (SSSR count). The number of benzene rings is 2. The molecule has 1 saturated carbocycles. The van der Waals surface area contributed by atoms with Gasteiger partial charge in [-0.1, -0.05) is 6.42 Å². The number of guanidine groups is 2. The minimum atomic E-state index is -4.97. The number of halogens is 6. The van der Waals surface area contributed by atoms with Crippen LogP contribution in [0.15, 0.2) is 40.3 Å². The predicted molar refractivity (Wildman–Crippen MR) is 109 cm³/mol. The number of nitrogens with zero attached hydrogens (tertiary/aromatic N) is 3. The number of anilines is 1. The molecule has 176 valence electrons. The van der Waals surface area contributed by atoms with Gasteiger partial charge in [-0.3, -0.25) is 4.90 Å². The number of rotatable bonds is 3. The summed E-state index contributed by atoms with van der Waals surface area (Å²) in [5, 5.41) is 0. The van der Waals surface area contributed by atoms with Crippen molar-refractivity contribution in [1.29, 1.82) is 0 Å². The smallest absolute Gasteiger partial charge is 0.416 e. The van der Waals surface area contributed by atoms with Crippen molar-refractivity contribution in [3.63, 3.8) is 0 Å². The molecule has 4 N–H and O–H groups in total. The third-order valence-corrected chi connectivity index (χ3v) is 5.56. The molecule has 0 unspecified atom stereocenters. The summed E-state index contributed by atoms with van der Waals surface area (Å²) in [5.74, 6) is -6.06. The van der Waals surface area contributed by atoms with Crippen molar-refractivity contribution in [2.45, 2.75) is 43.9 Å². The number of hydrogen-bond acceptors (Lipinski definition) is 6. The van der Waals surface area contributed by atoms with E-state index in [4.69, 9.17) is 16.2 Å². The van der Waals surface area contributed by atoms with Crippen molar-refractivity contribution in [2.24, 2.45) is 21.5 Å². The third kappa shape index (κ3) is 4.29. The van der Waals surface area contributed by atoms with Gasteiger partial charge in [0.1, 0.15) is 5.66 Å². The Bertz CT molecular complexity index is 1120. The summed E-state index contributed by atoms with van der Waals surface area (Å²) < 4.78 is 86.3. The van der Waals surface area contributed by atoms with E-state index in [1.807, 2.05) is 0 Å². The Hall–Kier alpha value is -3.44. The summed E-state index contributed by atoms with van der Waals surface area (Å²) in [6.07, 6.45) is -1.17. The largest absolute Gasteiger partial charge is 0.448 e. The first-order chi connectivity index (χ1) is 15.5. The van der Waals surface area contributed by atoms with Gasteiger partial charge < -0.3 is 16.2 Å². The van der Waals surface area contributed by atoms with E-state index in [2.05, 4.69) is 9.98 Å². The molecule has 0 amide bonds. The van der Waals surface area contributed by atoms with Crippen LogP contribution in [0, 0.1) is 17.5 Å². The second-order valence-corrected chi connectivity index (χ2v) is 7.80. The van der Waals surface area contributed by atoms with E-state index < -0.39 is 46.4 Å². The Kier molecular flexibility index (Phi) is 5.62. The SMILES string of the molecule is NC1=NC2(CCCCC2)N(c2ccc(F)c(Oc3c(F)cc(C(F)(F)F)cc3F)c2)C(N)=N1. The fraction of sp³-hybridized carbons (Fsp3) is 0.333. The number of alkyl halides is 3. The summed E-state index contributed by atoms with van der Waals surface area (Å²) in [6.45, 7) is 0. The molecule has 0 radical (unpaired) electrons. The Morgan fingerprint density at radius 3 is 2.15 bits per heavy atom. The zero-order chi connectivity index (χ0) is 24.0. The molecule has 1 aliphatic carbocycles. The molecule has 2 aromatic carbocycles. The van der Waals surface area contributed by atoms with Crippen molar-refractivity contribution in [3.8, 4) is 11.5 Å². The summed E-state index contributed by atoms with van der Waals surface area (Å²) in [4.78, 5) is 9.99. The molecule has 0 atom stereocenters. The molecule has 2 aliphatic rings. The highest BCUT2D eigenvalue weighted by Crippen LogP contribution is 2.42. The van der Waals surface area contributed by atoms with Crippen LogP contribution in [0.4, 0.5) is 32.0 Å². The van der Waals surface area contributed by atoms with Gasteiger partial charge in [0.25, 0.3) is 0 Å². The van der Waals surface area contributed by atoms with Crippen molar-refractivity contribution >= 4 is 17.6 Å². The summed E-state index contributed by atoms with van der Waals surface area (Å²) in [7, 11) is 0. The Morgan fingerprint density at radius 1 is 0.909 bits per heavy atom. The molecule has 1 heterocycles.